The molecule has 2 N–H and O–H groups in total. The summed E-state index contributed by atoms with van der Waals surface area (Å²) in [6.45, 7) is 0. The fourth-order valence-corrected chi connectivity index (χ4v) is 7.38. The van der Waals surface area contributed by atoms with Crippen molar-refractivity contribution >= 4 is 102 Å². The van der Waals surface area contributed by atoms with E-state index in [-0.39, 0.29) is 45.4 Å². The normalized spacial score (nSPS) is 10.9. The Hall–Kier alpha value is -9.00. The molecular formula is C50H38Cl2N8O10. The molecule has 0 unspecified atom stereocenters. The minimum absolute atomic E-state index is 0.141. The number of halogens is 2. The Labute approximate surface area is 408 Å². The van der Waals surface area contributed by atoms with E-state index in [9.17, 15) is 29.8 Å². The van der Waals surface area contributed by atoms with Crippen LogP contribution in [-0.4, -0.2) is 50.1 Å². The summed E-state index contributed by atoms with van der Waals surface area (Å²) in [5, 5.41) is 48.8. The van der Waals surface area contributed by atoms with Gasteiger partial charge in [-0.15, -0.1) is 20.5 Å². The topological polar surface area (TPSA) is 231 Å². The highest BCUT2D eigenvalue weighted by atomic mass is 35.5. The number of anilines is 2. The van der Waals surface area contributed by atoms with Gasteiger partial charge in [0.25, 0.3) is 23.2 Å². The molecule has 20 heteroatoms. The Bertz CT molecular complexity index is 3170. The number of azo groups is 2. The van der Waals surface area contributed by atoms with Gasteiger partial charge in [-0.2, -0.15) is 0 Å². The Kier molecular flexibility index (Phi) is 15.5. The van der Waals surface area contributed by atoms with E-state index in [4.69, 9.17) is 42.1 Å². The van der Waals surface area contributed by atoms with Gasteiger partial charge < -0.3 is 29.6 Å². The van der Waals surface area contributed by atoms with Crippen molar-refractivity contribution in [3.8, 4) is 23.0 Å². The summed E-state index contributed by atoms with van der Waals surface area (Å²) in [7, 11) is 5.87. The molecule has 0 heterocycles. The molecule has 0 spiro atoms. The first-order valence-corrected chi connectivity index (χ1v) is 21.4. The van der Waals surface area contributed by atoms with Crippen LogP contribution in [0.5, 0.6) is 23.0 Å². The van der Waals surface area contributed by atoms with Gasteiger partial charge in [-0.1, -0.05) is 83.9 Å². The summed E-state index contributed by atoms with van der Waals surface area (Å²) in [5.74, 6) is 0.282. The molecule has 0 aliphatic carbocycles. The molecule has 0 saturated carbocycles. The van der Waals surface area contributed by atoms with Gasteiger partial charge in [-0.25, -0.2) is 0 Å². The van der Waals surface area contributed by atoms with Crippen LogP contribution >= 0.6 is 23.2 Å². The number of nitro benzene ring substituents is 2. The lowest BCUT2D eigenvalue weighted by molar-refractivity contribution is -0.385. The molecule has 70 heavy (non-hydrogen) atoms. The second-order valence-corrected chi connectivity index (χ2v) is 15.5. The largest absolute Gasteiger partial charge is 0.494 e. The second-order valence-electron chi connectivity index (χ2n) is 14.6. The lowest BCUT2D eigenvalue weighted by Gasteiger charge is -2.14. The van der Waals surface area contributed by atoms with E-state index in [1.54, 1.807) is 60.7 Å². The Morgan fingerprint density at radius 1 is 0.486 bits per heavy atom. The number of nitrogens with zero attached hydrogens (tertiary/aromatic N) is 6. The number of carbonyl (C=O) groups excluding carboxylic acids is 2. The van der Waals surface area contributed by atoms with Gasteiger partial charge in [0, 0.05) is 56.5 Å². The van der Waals surface area contributed by atoms with Crippen LogP contribution in [-0.2, 0) is 0 Å². The highest BCUT2D eigenvalue weighted by Crippen LogP contribution is 2.43. The Morgan fingerprint density at radius 3 is 1.26 bits per heavy atom. The van der Waals surface area contributed by atoms with Crippen molar-refractivity contribution < 1.29 is 38.4 Å². The zero-order chi connectivity index (χ0) is 49.9. The molecule has 8 aromatic carbocycles. The molecule has 352 valence electrons. The molecule has 0 fully saturated rings. The molecule has 0 aliphatic rings. The number of nitro groups is 2. The van der Waals surface area contributed by atoms with E-state index in [0.717, 1.165) is 10.8 Å². The SMILES string of the molecule is COc1ccc(Cl)cc1N=Nc1c(OC)c(C(=O)Nc2cccc([N+](=O)[O-])c2)cc2ccccc12.COc1ccc(Cl)cc1N=Nc1c(OC)c(C(=O)Nc2cccc([N+](=O)[O-])c2)cc2ccccc12. The van der Waals surface area contributed by atoms with E-state index in [1.165, 1.54) is 64.8 Å². The van der Waals surface area contributed by atoms with Crippen molar-refractivity contribution in [2.24, 2.45) is 20.5 Å². The van der Waals surface area contributed by atoms with Crippen LogP contribution in [0.3, 0.4) is 0 Å². The number of ether oxygens (including phenoxy) is 4. The van der Waals surface area contributed by atoms with E-state index in [1.807, 2.05) is 48.5 Å². The first-order chi connectivity index (χ1) is 33.8. The molecule has 0 aromatic heterocycles. The van der Waals surface area contributed by atoms with Crippen molar-refractivity contribution in [1.82, 2.24) is 0 Å². The Morgan fingerprint density at radius 2 is 0.886 bits per heavy atom. The summed E-state index contributed by atoms with van der Waals surface area (Å²) < 4.78 is 21.9. The number of hydrogen-bond acceptors (Lipinski definition) is 14. The van der Waals surface area contributed by atoms with Gasteiger partial charge in [0.15, 0.2) is 11.5 Å². The highest BCUT2D eigenvalue weighted by Gasteiger charge is 2.23. The maximum Gasteiger partial charge on any atom is 0.271 e. The number of carbonyl (C=O) groups is 2. The van der Waals surface area contributed by atoms with Crippen LogP contribution in [0.2, 0.25) is 10.0 Å². The molecule has 0 bridgehead atoms. The number of methoxy groups -OCH3 is 4. The van der Waals surface area contributed by atoms with Crippen LogP contribution in [0.1, 0.15) is 20.7 Å². The van der Waals surface area contributed by atoms with Crippen LogP contribution in [0.25, 0.3) is 21.5 Å². The van der Waals surface area contributed by atoms with Crippen LogP contribution in [0.15, 0.2) is 166 Å². The fourth-order valence-electron chi connectivity index (χ4n) is 7.05. The lowest BCUT2D eigenvalue weighted by atomic mass is 10.0. The number of nitrogens with one attached hydrogen (secondary N) is 2. The summed E-state index contributed by atoms with van der Waals surface area (Å²) in [6, 6.07) is 39.3. The zero-order valence-corrected chi connectivity index (χ0v) is 38.9. The zero-order valence-electron chi connectivity index (χ0n) is 37.4. The standard InChI is InChI=1S/2C25H19ClN4O5/c2*1-34-22-11-10-16(26)13-21(22)28-29-23-19-9-4-3-6-15(19)12-20(24(23)35-2)25(31)27-17-7-5-8-18(14-17)30(32)33/h2*3-14H,1-2H3,(H,27,31). The second kappa shape index (κ2) is 22.2. The van der Waals surface area contributed by atoms with Crippen LogP contribution in [0.4, 0.5) is 45.5 Å². The fraction of sp³-hybridized carbons (Fsp3) is 0.0800. The quantitative estimate of drug-likeness (QED) is 0.0594. The maximum absolute atomic E-state index is 13.2. The average molecular weight is 982 g/mol. The van der Waals surface area contributed by atoms with E-state index in [2.05, 4.69) is 31.1 Å². The third kappa shape index (κ3) is 11.2. The van der Waals surface area contributed by atoms with Crippen LogP contribution in [0, 0.1) is 20.2 Å². The first-order valence-electron chi connectivity index (χ1n) is 20.6. The van der Waals surface area contributed by atoms with Crippen molar-refractivity contribution in [3.05, 3.63) is 187 Å². The number of hydrogen-bond donors (Lipinski definition) is 2. The van der Waals surface area contributed by atoms with E-state index in [0.29, 0.717) is 55.1 Å². The van der Waals surface area contributed by atoms with Crippen molar-refractivity contribution in [3.63, 3.8) is 0 Å². The minimum Gasteiger partial charge on any atom is -0.494 e. The van der Waals surface area contributed by atoms with Gasteiger partial charge >= 0.3 is 0 Å². The number of benzene rings is 8. The number of amides is 2. The summed E-state index contributed by atoms with van der Waals surface area (Å²) in [6.07, 6.45) is 0. The smallest absolute Gasteiger partial charge is 0.271 e. The van der Waals surface area contributed by atoms with Gasteiger partial charge in [-0.05, 0) is 71.4 Å². The maximum atomic E-state index is 13.2. The molecule has 8 aromatic rings. The number of fused-ring (bicyclic) bond motifs is 2. The van der Waals surface area contributed by atoms with Crippen LogP contribution < -0.4 is 29.6 Å². The predicted molar refractivity (Wildman–Crippen MR) is 267 cm³/mol. The third-order valence-corrected chi connectivity index (χ3v) is 10.7. The molecule has 18 nitrogen and oxygen atoms in total. The average Bonchev–Trinajstić information content (AvgIpc) is 3.36. The minimum atomic E-state index is -0.533. The van der Waals surface area contributed by atoms with Gasteiger partial charge in [0.1, 0.15) is 34.2 Å². The first kappa shape index (κ1) is 48.9. The monoisotopic (exact) mass is 980 g/mol. The van der Waals surface area contributed by atoms with Gasteiger partial charge in [-0.3, -0.25) is 29.8 Å². The molecular weight excluding hydrogens is 944 g/mol. The van der Waals surface area contributed by atoms with Gasteiger partial charge in [0.2, 0.25) is 0 Å². The molecule has 0 aliphatic heterocycles. The summed E-state index contributed by atoms with van der Waals surface area (Å²) >= 11 is 12.2. The van der Waals surface area contributed by atoms with E-state index < -0.39 is 21.7 Å². The molecule has 0 atom stereocenters. The summed E-state index contributed by atoms with van der Waals surface area (Å²) in [4.78, 5) is 47.6. The third-order valence-electron chi connectivity index (χ3n) is 10.3. The number of non-ortho nitro benzene ring substituents is 2. The van der Waals surface area contributed by atoms with Gasteiger partial charge in [0.05, 0.1) is 49.4 Å². The predicted octanol–water partition coefficient (Wildman–Crippen LogP) is 14.2. The Balaban J connectivity index is 0.000000206. The summed E-state index contributed by atoms with van der Waals surface area (Å²) in [5.41, 5.74) is 2.09. The van der Waals surface area contributed by atoms with E-state index >= 15 is 0 Å². The van der Waals surface area contributed by atoms with Crippen molar-refractivity contribution in [2.75, 3.05) is 39.1 Å². The molecule has 0 radical (unpaired) electrons. The molecule has 2 amide bonds. The lowest BCUT2D eigenvalue weighted by Crippen LogP contribution is -2.13. The highest BCUT2D eigenvalue weighted by molar-refractivity contribution is 6.31. The number of rotatable bonds is 14. The molecule has 0 saturated heterocycles. The van der Waals surface area contributed by atoms with Crippen molar-refractivity contribution in [2.45, 2.75) is 0 Å². The van der Waals surface area contributed by atoms with Crippen molar-refractivity contribution in [1.29, 1.82) is 0 Å². The molecule has 8 rings (SSSR count).